The molecule has 16 heavy (non-hydrogen) atoms. The summed E-state index contributed by atoms with van der Waals surface area (Å²) in [5.74, 6) is 0.534. The molecule has 0 spiro atoms. The second-order valence-corrected chi connectivity index (χ2v) is 6.19. The van der Waals surface area contributed by atoms with Gasteiger partial charge < -0.3 is 10.0 Å². The van der Waals surface area contributed by atoms with Gasteiger partial charge in [0.25, 0.3) is 0 Å². The van der Waals surface area contributed by atoms with Crippen LogP contribution >= 0.6 is 0 Å². The number of rotatable bonds is 7. The first-order valence-electron chi connectivity index (χ1n) is 6.90. The van der Waals surface area contributed by atoms with Crippen LogP contribution in [-0.4, -0.2) is 36.2 Å². The van der Waals surface area contributed by atoms with Crippen LogP contribution < -0.4 is 0 Å². The first kappa shape index (κ1) is 14.0. The molecule has 2 heteroatoms. The van der Waals surface area contributed by atoms with Crippen molar-refractivity contribution < 1.29 is 5.11 Å². The smallest absolute Gasteiger partial charge is 0.0471 e. The van der Waals surface area contributed by atoms with E-state index < -0.39 is 0 Å². The maximum atomic E-state index is 9.13. The molecule has 1 aliphatic heterocycles. The Hall–Kier alpha value is -0.0800. The van der Waals surface area contributed by atoms with Gasteiger partial charge in [0, 0.05) is 19.7 Å². The fourth-order valence-corrected chi connectivity index (χ4v) is 2.74. The molecule has 1 N–H and O–H groups in total. The van der Waals surface area contributed by atoms with Crippen molar-refractivity contribution in [2.75, 3.05) is 26.2 Å². The molecular formula is C14H29NO. The first-order chi connectivity index (χ1) is 7.57. The number of likely N-dealkylation sites (tertiary alicyclic amines) is 1. The molecule has 1 heterocycles. The van der Waals surface area contributed by atoms with Crippen molar-refractivity contribution in [1.82, 2.24) is 4.90 Å². The molecule has 1 fully saturated rings. The van der Waals surface area contributed by atoms with Crippen molar-refractivity contribution in [3.05, 3.63) is 0 Å². The lowest BCUT2D eigenvalue weighted by atomic mass is 9.86. The van der Waals surface area contributed by atoms with E-state index in [4.69, 9.17) is 5.11 Å². The van der Waals surface area contributed by atoms with E-state index in [1.807, 2.05) is 0 Å². The standard InChI is InChI=1S/C14H29NO/c1-4-5-6-8-14(2,3)12-15-9-7-13(10-15)11-16/h13,16H,4-12H2,1-3H3. The molecule has 0 aromatic carbocycles. The van der Waals surface area contributed by atoms with E-state index in [9.17, 15) is 0 Å². The van der Waals surface area contributed by atoms with Gasteiger partial charge in [0.05, 0.1) is 0 Å². The predicted octanol–water partition coefficient (Wildman–Crippen LogP) is 2.91. The van der Waals surface area contributed by atoms with Crippen LogP contribution in [-0.2, 0) is 0 Å². The SMILES string of the molecule is CCCCCC(C)(C)CN1CCC(CO)C1. The van der Waals surface area contributed by atoms with E-state index in [0.717, 1.165) is 6.54 Å². The van der Waals surface area contributed by atoms with Gasteiger partial charge in [0.15, 0.2) is 0 Å². The minimum absolute atomic E-state index is 0.368. The molecule has 1 atom stereocenters. The third-order valence-corrected chi connectivity index (χ3v) is 3.74. The summed E-state index contributed by atoms with van der Waals surface area (Å²) in [4.78, 5) is 2.53. The van der Waals surface area contributed by atoms with Crippen molar-refractivity contribution in [2.45, 2.75) is 52.9 Å². The largest absolute Gasteiger partial charge is 0.396 e. The third-order valence-electron chi connectivity index (χ3n) is 3.74. The van der Waals surface area contributed by atoms with Crippen molar-refractivity contribution in [2.24, 2.45) is 11.3 Å². The lowest BCUT2D eigenvalue weighted by molar-refractivity contribution is 0.175. The van der Waals surface area contributed by atoms with E-state index >= 15 is 0 Å². The van der Waals surface area contributed by atoms with E-state index in [0.29, 0.717) is 17.9 Å². The maximum absolute atomic E-state index is 9.13. The van der Waals surface area contributed by atoms with Crippen LogP contribution in [0.3, 0.4) is 0 Å². The Balaban J connectivity index is 2.24. The highest BCUT2D eigenvalue weighted by Gasteiger charge is 2.27. The molecule has 2 nitrogen and oxygen atoms in total. The third kappa shape index (κ3) is 4.84. The number of hydrogen-bond donors (Lipinski definition) is 1. The normalized spacial score (nSPS) is 22.9. The second-order valence-electron chi connectivity index (χ2n) is 6.19. The minimum Gasteiger partial charge on any atom is -0.396 e. The van der Waals surface area contributed by atoms with E-state index in [-0.39, 0.29) is 0 Å². The number of unbranched alkanes of at least 4 members (excludes halogenated alkanes) is 2. The number of nitrogens with zero attached hydrogens (tertiary/aromatic N) is 1. The van der Waals surface area contributed by atoms with Crippen molar-refractivity contribution >= 4 is 0 Å². The Bertz CT molecular complexity index is 191. The Morgan fingerprint density at radius 3 is 2.62 bits per heavy atom. The van der Waals surface area contributed by atoms with Gasteiger partial charge in [-0.3, -0.25) is 0 Å². The quantitative estimate of drug-likeness (QED) is 0.676. The molecule has 1 unspecified atom stereocenters. The highest BCUT2D eigenvalue weighted by atomic mass is 16.3. The monoisotopic (exact) mass is 227 g/mol. The van der Waals surface area contributed by atoms with E-state index in [1.165, 1.54) is 45.2 Å². The molecule has 0 aromatic rings. The molecule has 1 saturated heterocycles. The van der Waals surface area contributed by atoms with Gasteiger partial charge in [0.2, 0.25) is 0 Å². The minimum atomic E-state index is 0.368. The van der Waals surface area contributed by atoms with Crippen LogP contribution in [0.15, 0.2) is 0 Å². The summed E-state index contributed by atoms with van der Waals surface area (Å²) in [7, 11) is 0. The van der Waals surface area contributed by atoms with Crippen LogP contribution in [0, 0.1) is 11.3 Å². The summed E-state index contributed by atoms with van der Waals surface area (Å²) in [6, 6.07) is 0. The molecule has 96 valence electrons. The number of aliphatic hydroxyl groups excluding tert-OH is 1. The van der Waals surface area contributed by atoms with Crippen LogP contribution in [0.25, 0.3) is 0 Å². The van der Waals surface area contributed by atoms with E-state index in [2.05, 4.69) is 25.7 Å². The summed E-state index contributed by atoms with van der Waals surface area (Å²) in [6.07, 6.45) is 6.55. The molecule has 1 aliphatic rings. The number of aliphatic hydroxyl groups is 1. The first-order valence-corrected chi connectivity index (χ1v) is 6.90. The van der Waals surface area contributed by atoms with Gasteiger partial charge in [-0.15, -0.1) is 0 Å². The Kier molecular flexibility index (Phi) is 5.77. The summed E-state index contributed by atoms with van der Waals surface area (Å²) < 4.78 is 0. The Morgan fingerprint density at radius 1 is 1.31 bits per heavy atom. The molecule has 0 radical (unpaired) electrons. The summed E-state index contributed by atoms with van der Waals surface area (Å²) in [5, 5.41) is 9.13. The van der Waals surface area contributed by atoms with Gasteiger partial charge >= 0.3 is 0 Å². The summed E-state index contributed by atoms with van der Waals surface area (Å²) >= 11 is 0. The number of hydrogen-bond acceptors (Lipinski definition) is 2. The zero-order valence-electron chi connectivity index (χ0n) is 11.3. The molecular weight excluding hydrogens is 198 g/mol. The van der Waals surface area contributed by atoms with Crippen molar-refractivity contribution in [3.8, 4) is 0 Å². The molecule has 0 aromatic heterocycles. The zero-order valence-corrected chi connectivity index (χ0v) is 11.3. The fourth-order valence-electron chi connectivity index (χ4n) is 2.74. The second kappa shape index (κ2) is 6.61. The van der Waals surface area contributed by atoms with Gasteiger partial charge in [-0.25, -0.2) is 0 Å². The van der Waals surface area contributed by atoms with E-state index in [1.54, 1.807) is 0 Å². The molecule has 0 aliphatic carbocycles. The fraction of sp³-hybridized carbons (Fsp3) is 1.00. The van der Waals surface area contributed by atoms with Crippen LogP contribution in [0.1, 0.15) is 52.9 Å². The highest BCUT2D eigenvalue weighted by Crippen LogP contribution is 2.27. The van der Waals surface area contributed by atoms with Crippen LogP contribution in [0.2, 0.25) is 0 Å². The average Bonchev–Trinajstić information content (AvgIpc) is 2.65. The van der Waals surface area contributed by atoms with Gasteiger partial charge in [-0.05, 0) is 30.7 Å². The van der Waals surface area contributed by atoms with Crippen LogP contribution in [0.4, 0.5) is 0 Å². The lowest BCUT2D eigenvalue weighted by Gasteiger charge is -2.30. The molecule has 0 saturated carbocycles. The molecule has 0 amide bonds. The van der Waals surface area contributed by atoms with Gasteiger partial charge in [-0.2, -0.15) is 0 Å². The molecule has 0 bridgehead atoms. The van der Waals surface area contributed by atoms with Gasteiger partial charge in [-0.1, -0.05) is 40.0 Å². The topological polar surface area (TPSA) is 23.5 Å². The zero-order chi connectivity index (χ0) is 12.0. The van der Waals surface area contributed by atoms with Crippen LogP contribution in [0.5, 0.6) is 0 Å². The van der Waals surface area contributed by atoms with Gasteiger partial charge in [0.1, 0.15) is 0 Å². The maximum Gasteiger partial charge on any atom is 0.0471 e. The summed E-state index contributed by atoms with van der Waals surface area (Å²) in [6.45, 7) is 10.9. The summed E-state index contributed by atoms with van der Waals surface area (Å²) in [5.41, 5.74) is 0.444. The Labute approximate surface area is 101 Å². The van der Waals surface area contributed by atoms with Crippen molar-refractivity contribution in [3.63, 3.8) is 0 Å². The van der Waals surface area contributed by atoms with Crippen molar-refractivity contribution in [1.29, 1.82) is 0 Å². The predicted molar refractivity (Wildman–Crippen MR) is 69.6 cm³/mol. The average molecular weight is 227 g/mol. The lowest BCUT2D eigenvalue weighted by Crippen LogP contribution is -2.33. The Morgan fingerprint density at radius 2 is 2.06 bits per heavy atom. The highest BCUT2D eigenvalue weighted by molar-refractivity contribution is 4.80. The molecule has 1 rings (SSSR count).